The van der Waals surface area contributed by atoms with Crippen LogP contribution in [0.15, 0.2) is 18.2 Å². The molecule has 17 heavy (non-hydrogen) atoms. The van der Waals surface area contributed by atoms with Crippen molar-refractivity contribution in [2.75, 3.05) is 14.2 Å². The first-order valence-electron chi connectivity index (χ1n) is 5.47. The Morgan fingerprint density at radius 2 is 2.12 bits per heavy atom. The van der Waals surface area contributed by atoms with Crippen LogP contribution in [-0.2, 0) is 6.42 Å². The molecule has 0 aliphatic carbocycles. The fourth-order valence-electron chi connectivity index (χ4n) is 1.59. The van der Waals surface area contributed by atoms with Crippen LogP contribution < -0.4 is 9.47 Å². The lowest BCUT2D eigenvalue weighted by Crippen LogP contribution is -2.07. The average molecular weight is 235 g/mol. The number of aliphatic hydroxyl groups excluding tert-OH is 1. The van der Waals surface area contributed by atoms with Crippen molar-refractivity contribution < 1.29 is 14.6 Å². The van der Waals surface area contributed by atoms with Gasteiger partial charge >= 0.3 is 0 Å². The quantitative estimate of drug-likeness (QED) is 0.818. The molecule has 0 aliphatic rings. The molecule has 0 saturated heterocycles. The Labute approximate surface area is 101 Å². The summed E-state index contributed by atoms with van der Waals surface area (Å²) in [5, 5.41) is 17.9. The van der Waals surface area contributed by atoms with Crippen molar-refractivity contribution in [2.24, 2.45) is 0 Å². The van der Waals surface area contributed by atoms with Crippen molar-refractivity contribution in [1.29, 1.82) is 5.26 Å². The number of rotatable bonds is 6. The van der Waals surface area contributed by atoms with Gasteiger partial charge in [-0.25, -0.2) is 0 Å². The third-order valence-electron chi connectivity index (χ3n) is 2.57. The van der Waals surface area contributed by atoms with Gasteiger partial charge in [0.2, 0.25) is 0 Å². The molecular formula is C13H17NO3. The van der Waals surface area contributed by atoms with Gasteiger partial charge in [0.25, 0.3) is 0 Å². The number of methoxy groups -OCH3 is 2. The van der Waals surface area contributed by atoms with E-state index in [1.165, 1.54) is 0 Å². The highest BCUT2D eigenvalue weighted by molar-refractivity contribution is 5.40. The van der Waals surface area contributed by atoms with Crippen LogP contribution in [-0.4, -0.2) is 25.4 Å². The lowest BCUT2D eigenvalue weighted by Gasteiger charge is -2.11. The van der Waals surface area contributed by atoms with E-state index in [2.05, 4.69) is 0 Å². The number of benzene rings is 1. The molecule has 0 amide bonds. The van der Waals surface area contributed by atoms with Crippen LogP contribution in [0.3, 0.4) is 0 Å². The van der Waals surface area contributed by atoms with E-state index in [0.29, 0.717) is 12.8 Å². The molecule has 1 aromatic carbocycles. The maximum Gasteiger partial charge on any atom is 0.125 e. The summed E-state index contributed by atoms with van der Waals surface area (Å²) in [6.45, 7) is 0. The maximum atomic E-state index is 9.49. The molecule has 1 aromatic rings. The van der Waals surface area contributed by atoms with E-state index in [-0.39, 0.29) is 6.42 Å². The lowest BCUT2D eigenvalue weighted by atomic mass is 10.0. The van der Waals surface area contributed by atoms with Crippen LogP contribution >= 0.6 is 0 Å². The molecule has 1 atom stereocenters. The topological polar surface area (TPSA) is 62.5 Å². The van der Waals surface area contributed by atoms with Crippen LogP contribution in [0, 0.1) is 11.3 Å². The van der Waals surface area contributed by atoms with Gasteiger partial charge in [-0.2, -0.15) is 5.26 Å². The SMILES string of the molecule is COc1ccc(CCC(O)CC#N)c(OC)c1. The van der Waals surface area contributed by atoms with Gasteiger partial charge in [-0.05, 0) is 24.5 Å². The van der Waals surface area contributed by atoms with Crippen molar-refractivity contribution in [1.82, 2.24) is 0 Å². The number of aryl methyl sites for hydroxylation is 1. The summed E-state index contributed by atoms with van der Waals surface area (Å²) in [6, 6.07) is 7.53. The molecular weight excluding hydrogens is 218 g/mol. The zero-order valence-corrected chi connectivity index (χ0v) is 10.1. The third kappa shape index (κ3) is 3.97. The maximum absolute atomic E-state index is 9.49. The second kappa shape index (κ2) is 6.77. The second-order valence-electron chi connectivity index (χ2n) is 3.73. The van der Waals surface area contributed by atoms with E-state index in [1.807, 2.05) is 24.3 Å². The standard InChI is InChI=1S/C13H17NO3/c1-16-12-6-4-10(13(9-12)17-2)3-5-11(15)7-8-14/h4,6,9,11,15H,3,5,7H2,1-2H3. The van der Waals surface area contributed by atoms with Crippen molar-refractivity contribution in [3.63, 3.8) is 0 Å². The Balaban J connectivity index is 2.67. The van der Waals surface area contributed by atoms with Gasteiger partial charge in [-0.1, -0.05) is 6.07 Å². The normalized spacial score (nSPS) is 11.6. The summed E-state index contributed by atoms with van der Waals surface area (Å²) in [5.74, 6) is 1.48. The average Bonchev–Trinajstić information content (AvgIpc) is 2.36. The predicted molar refractivity (Wildman–Crippen MR) is 64.1 cm³/mol. The van der Waals surface area contributed by atoms with E-state index in [4.69, 9.17) is 14.7 Å². The third-order valence-corrected chi connectivity index (χ3v) is 2.57. The summed E-state index contributed by atoms with van der Waals surface area (Å²) in [6.07, 6.45) is 0.817. The molecule has 92 valence electrons. The van der Waals surface area contributed by atoms with E-state index < -0.39 is 6.10 Å². The Hall–Kier alpha value is -1.73. The highest BCUT2D eigenvalue weighted by atomic mass is 16.5. The molecule has 4 nitrogen and oxygen atoms in total. The monoisotopic (exact) mass is 235 g/mol. The highest BCUT2D eigenvalue weighted by Gasteiger charge is 2.08. The zero-order valence-electron chi connectivity index (χ0n) is 10.1. The molecule has 0 radical (unpaired) electrons. The Morgan fingerprint density at radius 3 is 2.71 bits per heavy atom. The van der Waals surface area contributed by atoms with Crippen molar-refractivity contribution in [3.8, 4) is 17.6 Å². The molecule has 1 unspecified atom stereocenters. The van der Waals surface area contributed by atoms with Crippen molar-refractivity contribution in [2.45, 2.75) is 25.4 Å². The van der Waals surface area contributed by atoms with Gasteiger partial charge in [0, 0.05) is 6.07 Å². The van der Waals surface area contributed by atoms with Gasteiger partial charge in [0.15, 0.2) is 0 Å². The van der Waals surface area contributed by atoms with Crippen LogP contribution in [0.1, 0.15) is 18.4 Å². The first-order valence-corrected chi connectivity index (χ1v) is 5.47. The molecule has 4 heteroatoms. The second-order valence-corrected chi connectivity index (χ2v) is 3.73. The van der Waals surface area contributed by atoms with Crippen LogP contribution in [0.25, 0.3) is 0 Å². The minimum absolute atomic E-state index is 0.165. The molecule has 0 spiro atoms. The highest BCUT2D eigenvalue weighted by Crippen LogP contribution is 2.25. The van der Waals surface area contributed by atoms with Crippen LogP contribution in [0.2, 0.25) is 0 Å². The van der Waals surface area contributed by atoms with Gasteiger partial charge in [-0.3, -0.25) is 0 Å². The van der Waals surface area contributed by atoms with Crippen LogP contribution in [0.5, 0.6) is 11.5 Å². The number of nitrogens with zero attached hydrogens (tertiary/aromatic N) is 1. The number of nitriles is 1. The van der Waals surface area contributed by atoms with Crippen LogP contribution in [0.4, 0.5) is 0 Å². The molecule has 0 aromatic heterocycles. The smallest absolute Gasteiger partial charge is 0.125 e. The van der Waals surface area contributed by atoms with Gasteiger partial charge in [0.05, 0.1) is 32.8 Å². The fourth-order valence-corrected chi connectivity index (χ4v) is 1.59. The molecule has 1 rings (SSSR count). The minimum atomic E-state index is -0.577. The Morgan fingerprint density at radius 1 is 1.35 bits per heavy atom. The number of hydrogen-bond donors (Lipinski definition) is 1. The Bertz CT molecular complexity index is 398. The summed E-state index contributed by atoms with van der Waals surface area (Å²) in [4.78, 5) is 0. The zero-order chi connectivity index (χ0) is 12.7. The number of aliphatic hydroxyl groups is 1. The number of ether oxygens (including phenoxy) is 2. The summed E-state index contributed by atoms with van der Waals surface area (Å²) < 4.78 is 10.4. The minimum Gasteiger partial charge on any atom is -0.497 e. The van der Waals surface area contributed by atoms with Crippen molar-refractivity contribution >= 4 is 0 Å². The molecule has 0 heterocycles. The van der Waals surface area contributed by atoms with Crippen molar-refractivity contribution in [3.05, 3.63) is 23.8 Å². The summed E-state index contributed by atoms with van der Waals surface area (Å²) in [5.41, 5.74) is 1.00. The van der Waals surface area contributed by atoms with E-state index in [0.717, 1.165) is 17.1 Å². The molecule has 1 N–H and O–H groups in total. The van der Waals surface area contributed by atoms with E-state index >= 15 is 0 Å². The van der Waals surface area contributed by atoms with Gasteiger partial charge in [-0.15, -0.1) is 0 Å². The molecule has 0 saturated carbocycles. The summed E-state index contributed by atoms with van der Waals surface area (Å²) in [7, 11) is 3.20. The fraction of sp³-hybridized carbons (Fsp3) is 0.462. The molecule has 0 fully saturated rings. The lowest BCUT2D eigenvalue weighted by molar-refractivity contribution is 0.169. The summed E-state index contributed by atoms with van der Waals surface area (Å²) >= 11 is 0. The van der Waals surface area contributed by atoms with E-state index in [9.17, 15) is 5.11 Å². The largest absolute Gasteiger partial charge is 0.497 e. The first kappa shape index (κ1) is 13.3. The molecule has 0 bridgehead atoms. The van der Waals surface area contributed by atoms with E-state index in [1.54, 1.807) is 14.2 Å². The molecule has 0 aliphatic heterocycles. The first-order chi connectivity index (χ1) is 8.21. The van der Waals surface area contributed by atoms with Gasteiger partial charge < -0.3 is 14.6 Å². The predicted octanol–water partition coefficient (Wildman–Crippen LogP) is 1.91. The van der Waals surface area contributed by atoms with Gasteiger partial charge in [0.1, 0.15) is 11.5 Å². The number of hydrogen-bond acceptors (Lipinski definition) is 4. The Kier molecular flexibility index (Phi) is 5.31.